The van der Waals surface area contributed by atoms with E-state index in [-0.39, 0.29) is 18.5 Å². The molecule has 1 rings (SSSR count). The summed E-state index contributed by atoms with van der Waals surface area (Å²) in [7, 11) is 0. The molecule has 1 N–H and O–H groups in total. The quantitative estimate of drug-likeness (QED) is 0.480. The van der Waals surface area contributed by atoms with Gasteiger partial charge < -0.3 is 5.32 Å². The van der Waals surface area contributed by atoms with Crippen LogP contribution >= 0.6 is 22.6 Å². The summed E-state index contributed by atoms with van der Waals surface area (Å²) in [6.07, 6.45) is -13.1. The third kappa shape index (κ3) is 5.08. The van der Waals surface area contributed by atoms with Crippen molar-refractivity contribution < 1.29 is 35.5 Å². The molecule has 134 valence electrons. The smallest absolute Gasteiger partial charge is 0.352 e. The van der Waals surface area contributed by atoms with Crippen LogP contribution in [0.3, 0.4) is 0 Å². The van der Waals surface area contributed by atoms with E-state index in [0.29, 0.717) is 0 Å². The van der Waals surface area contributed by atoms with Gasteiger partial charge >= 0.3 is 18.0 Å². The molecule has 0 fully saturated rings. The standard InChI is InChI=1S/C14H11F7INO/c15-12(13(16,17)18,14(19,20)21)8-10(22)6-7-23-11(24)9-4-2-1-3-5-9/h1-5,8H,6-7H2,(H,23,24). The molecule has 0 aliphatic rings. The summed E-state index contributed by atoms with van der Waals surface area (Å²) in [4.78, 5) is 11.7. The molecule has 1 amide bonds. The summed E-state index contributed by atoms with van der Waals surface area (Å²) >= 11 is 1.18. The minimum atomic E-state index is -6.13. The highest BCUT2D eigenvalue weighted by atomic mass is 127. The number of carbonyl (C=O) groups excluding carboxylic acids is 1. The average molecular weight is 469 g/mol. The van der Waals surface area contributed by atoms with Crippen LogP contribution in [0.5, 0.6) is 0 Å². The van der Waals surface area contributed by atoms with Gasteiger partial charge in [0, 0.05) is 12.1 Å². The average Bonchev–Trinajstić information content (AvgIpc) is 2.45. The lowest BCUT2D eigenvalue weighted by Crippen LogP contribution is -2.51. The highest BCUT2D eigenvalue weighted by Gasteiger charge is 2.71. The number of rotatable bonds is 5. The lowest BCUT2D eigenvalue weighted by molar-refractivity contribution is -0.322. The Morgan fingerprint density at radius 3 is 1.96 bits per heavy atom. The fourth-order valence-electron chi connectivity index (χ4n) is 1.60. The molecule has 0 saturated carbocycles. The van der Waals surface area contributed by atoms with Crippen molar-refractivity contribution in [3.63, 3.8) is 0 Å². The van der Waals surface area contributed by atoms with Crippen LogP contribution in [-0.4, -0.2) is 30.5 Å². The number of carbonyl (C=O) groups is 1. The molecule has 0 unspecified atom stereocenters. The monoisotopic (exact) mass is 469 g/mol. The number of nitrogens with one attached hydrogen (secondary N) is 1. The van der Waals surface area contributed by atoms with Gasteiger partial charge in [0.25, 0.3) is 5.91 Å². The zero-order valence-corrected chi connectivity index (χ0v) is 14.0. The van der Waals surface area contributed by atoms with E-state index in [4.69, 9.17) is 0 Å². The minimum Gasteiger partial charge on any atom is -0.352 e. The van der Waals surface area contributed by atoms with Crippen LogP contribution in [0.15, 0.2) is 40.0 Å². The minimum absolute atomic E-state index is 0.242. The number of hydrogen-bond donors (Lipinski definition) is 1. The Morgan fingerprint density at radius 1 is 1.00 bits per heavy atom. The van der Waals surface area contributed by atoms with Crippen molar-refractivity contribution in [1.29, 1.82) is 0 Å². The third-order valence-corrected chi connectivity index (χ3v) is 3.72. The topological polar surface area (TPSA) is 29.1 Å². The highest BCUT2D eigenvalue weighted by Crippen LogP contribution is 2.48. The molecule has 2 nitrogen and oxygen atoms in total. The number of allylic oxidation sites excluding steroid dienone is 1. The number of hydrogen-bond acceptors (Lipinski definition) is 1. The van der Waals surface area contributed by atoms with E-state index in [2.05, 4.69) is 5.32 Å². The van der Waals surface area contributed by atoms with Gasteiger partial charge in [0.05, 0.1) is 0 Å². The van der Waals surface area contributed by atoms with Crippen molar-refractivity contribution in [3.8, 4) is 0 Å². The molecular formula is C14H11F7INO. The molecule has 0 aromatic heterocycles. The molecule has 1 aromatic rings. The maximum absolute atomic E-state index is 13.5. The van der Waals surface area contributed by atoms with E-state index in [1.165, 1.54) is 34.7 Å². The predicted molar refractivity (Wildman–Crippen MR) is 81.4 cm³/mol. The van der Waals surface area contributed by atoms with Gasteiger partial charge in [-0.3, -0.25) is 4.79 Å². The molecule has 0 aliphatic carbocycles. The number of halogens is 8. The molecule has 1 aromatic carbocycles. The summed E-state index contributed by atoms with van der Waals surface area (Å²) in [6, 6.07) is 7.80. The van der Waals surface area contributed by atoms with Crippen molar-refractivity contribution in [2.75, 3.05) is 6.54 Å². The van der Waals surface area contributed by atoms with Crippen molar-refractivity contribution in [2.24, 2.45) is 0 Å². The van der Waals surface area contributed by atoms with Gasteiger partial charge in [-0.05, 0) is 50.8 Å². The fourth-order valence-corrected chi connectivity index (χ4v) is 2.30. The lowest BCUT2D eigenvalue weighted by Gasteiger charge is -2.27. The number of amides is 1. The molecule has 0 saturated heterocycles. The van der Waals surface area contributed by atoms with E-state index < -0.39 is 33.6 Å². The van der Waals surface area contributed by atoms with E-state index in [0.717, 1.165) is 0 Å². The predicted octanol–water partition coefficient (Wildman–Crippen LogP) is 4.96. The van der Waals surface area contributed by atoms with E-state index in [1.54, 1.807) is 18.2 Å². The Morgan fingerprint density at radius 2 is 1.50 bits per heavy atom. The van der Waals surface area contributed by atoms with Crippen molar-refractivity contribution in [2.45, 2.75) is 24.4 Å². The highest BCUT2D eigenvalue weighted by molar-refractivity contribution is 14.1. The largest absolute Gasteiger partial charge is 0.435 e. The lowest BCUT2D eigenvalue weighted by atomic mass is 10.0. The second kappa shape index (κ2) is 7.70. The first-order chi connectivity index (χ1) is 10.9. The molecule has 0 heterocycles. The normalized spacial score (nSPS) is 13.8. The first kappa shape index (κ1) is 20.7. The SMILES string of the molecule is O=C(NCCC(I)=CC(F)(C(F)(F)F)C(F)(F)F)c1ccccc1. The Hall–Kier alpha value is -1.33. The van der Waals surface area contributed by atoms with Crippen LogP contribution in [0.2, 0.25) is 0 Å². The number of benzene rings is 1. The van der Waals surface area contributed by atoms with E-state index in [1.807, 2.05) is 0 Å². The van der Waals surface area contributed by atoms with E-state index >= 15 is 0 Å². The van der Waals surface area contributed by atoms with E-state index in [9.17, 15) is 35.5 Å². The maximum atomic E-state index is 13.5. The molecule has 0 aliphatic heterocycles. The second-order valence-electron chi connectivity index (χ2n) is 4.67. The van der Waals surface area contributed by atoms with Gasteiger partial charge in [0.15, 0.2) is 0 Å². The van der Waals surface area contributed by atoms with Crippen molar-refractivity contribution >= 4 is 28.5 Å². The van der Waals surface area contributed by atoms with Crippen LogP contribution in [0.4, 0.5) is 30.7 Å². The van der Waals surface area contributed by atoms with Gasteiger partial charge in [0.2, 0.25) is 0 Å². The van der Waals surface area contributed by atoms with Crippen LogP contribution in [-0.2, 0) is 0 Å². The fraction of sp³-hybridized carbons (Fsp3) is 0.357. The molecule has 0 radical (unpaired) electrons. The first-order valence-electron chi connectivity index (χ1n) is 6.41. The van der Waals surface area contributed by atoms with Gasteiger partial charge in [-0.1, -0.05) is 18.2 Å². The summed E-state index contributed by atoms with van der Waals surface area (Å²) in [5.74, 6) is -0.544. The van der Waals surface area contributed by atoms with Gasteiger partial charge in [-0.2, -0.15) is 26.3 Å². The summed E-state index contributed by atoms with van der Waals surface area (Å²) < 4.78 is 87.5. The second-order valence-corrected chi connectivity index (χ2v) is 6.06. The molecule has 10 heteroatoms. The zero-order valence-electron chi connectivity index (χ0n) is 11.8. The van der Waals surface area contributed by atoms with Crippen molar-refractivity contribution in [3.05, 3.63) is 45.6 Å². The zero-order chi connectivity index (χ0) is 18.6. The Bertz CT molecular complexity index is 581. The van der Waals surface area contributed by atoms with Gasteiger partial charge in [0.1, 0.15) is 0 Å². The summed E-state index contributed by atoms with van der Waals surface area (Å²) in [6.45, 7) is -0.242. The molecular weight excluding hydrogens is 458 g/mol. The van der Waals surface area contributed by atoms with Crippen LogP contribution in [0.1, 0.15) is 16.8 Å². The molecule has 0 spiro atoms. The van der Waals surface area contributed by atoms with Crippen molar-refractivity contribution in [1.82, 2.24) is 5.32 Å². The molecule has 0 atom stereocenters. The van der Waals surface area contributed by atoms with Gasteiger partial charge in [-0.25, -0.2) is 4.39 Å². The van der Waals surface area contributed by atoms with Crippen LogP contribution in [0.25, 0.3) is 0 Å². The van der Waals surface area contributed by atoms with Gasteiger partial charge in [-0.15, -0.1) is 0 Å². The Balaban J connectivity index is 2.74. The Kier molecular flexibility index (Phi) is 6.65. The summed E-state index contributed by atoms with van der Waals surface area (Å²) in [5.41, 5.74) is -5.15. The van der Waals surface area contributed by atoms with Crippen LogP contribution < -0.4 is 5.32 Å². The number of alkyl halides is 7. The maximum Gasteiger partial charge on any atom is 0.435 e. The Labute approximate surface area is 146 Å². The third-order valence-electron chi connectivity index (χ3n) is 2.87. The summed E-state index contributed by atoms with van der Waals surface area (Å²) in [5, 5.41) is 2.32. The molecule has 24 heavy (non-hydrogen) atoms. The van der Waals surface area contributed by atoms with Crippen LogP contribution in [0, 0.1) is 0 Å². The first-order valence-corrected chi connectivity index (χ1v) is 7.49. The molecule has 0 bridgehead atoms.